The summed E-state index contributed by atoms with van der Waals surface area (Å²) in [5, 5.41) is 12.5. The first-order valence-electron chi connectivity index (χ1n) is 7.09. The Kier molecular flexibility index (Phi) is 3.49. The van der Waals surface area contributed by atoms with Crippen molar-refractivity contribution in [3.05, 3.63) is 47.3 Å². The summed E-state index contributed by atoms with van der Waals surface area (Å²) in [6, 6.07) is 0. The van der Waals surface area contributed by atoms with Crippen LogP contribution in [-0.4, -0.2) is 23.8 Å². The zero-order valence-electron chi connectivity index (χ0n) is 11.5. The second-order valence-corrected chi connectivity index (χ2v) is 5.48. The minimum Gasteiger partial charge on any atom is -0.478 e. The lowest BCUT2D eigenvalue weighted by molar-refractivity contribution is -0.132. The third-order valence-electron chi connectivity index (χ3n) is 4.27. The molecule has 0 bridgehead atoms. The van der Waals surface area contributed by atoms with E-state index in [9.17, 15) is 9.90 Å². The highest BCUT2D eigenvalue weighted by molar-refractivity contribution is 5.92. The maximum absolute atomic E-state index is 11.2. The Balaban J connectivity index is 1.80. The molecule has 4 nitrogen and oxygen atoms in total. The molecule has 3 unspecified atom stereocenters. The normalized spacial score (nSPS) is 31.9. The molecule has 3 rings (SSSR count). The molecule has 0 saturated carbocycles. The van der Waals surface area contributed by atoms with Crippen LogP contribution in [-0.2, 0) is 9.53 Å². The number of fused-ring (bicyclic) bond motifs is 1. The number of nitrogens with one attached hydrogen (secondary N) is 1. The number of carbonyl (C=O) groups is 1. The summed E-state index contributed by atoms with van der Waals surface area (Å²) in [6.07, 6.45) is 11.8. The van der Waals surface area contributed by atoms with Crippen LogP contribution in [0.4, 0.5) is 0 Å². The van der Waals surface area contributed by atoms with Crippen molar-refractivity contribution >= 4 is 5.97 Å². The van der Waals surface area contributed by atoms with Crippen LogP contribution in [0.2, 0.25) is 0 Å². The lowest BCUT2D eigenvalue weighted by atomic mass is 9.80. The van der Waals surface area contributed by atoms with Crippen LogP contribution in [0.25, 0.3) is 0 Å². The van der Waals surface area contributed by atoms with Gasteiger partial charge in [0, 0.05) is 12.1 Å². The number of hydrogen-bond donors (Lipinski definition) is 2. The molecule has 0 aromatic carbocycles. The van der Waals surface area contributed by atoms with E-state index in [2.05, 4.69) is 36.5 Å². The topological polar surface area (TPSA) is 58.6 Å². The van der Waals surface area contributed by atoms with Gasteiger partial charge in [0.1, 0.15) is 11.8 Å². The van der Waals surface area contributed by atoms with E-state index in [0.717, 1.165) is 25.0 Å². The fourth-order valence-corrected chi connectivity index (χ4v) is 3.06. The van der Waals surface area contributed by atoms with Crippen LogP contribution < -0.4 is 5.32 Å². The van der Waals surface area contributed by atoms with Crippen molar-refractivity contribution in [3.63, 3.8) is 0 Å². The highest BCUT2D eigenvalue weighted by atomic mass is 16.5. The van der Waals surface area contributed by atoms with Crippen molar-refractivity contribution in [1.82, 2.24) is 5.32 Å². The average molecular weight is 273 g/mol. The average Bonchev–Trinajstić information content (AvgIpc) is 2.90. The number of allylic oxidation sites excluding steroid dienone is 4. The summed E-state index contributed by atoms with van der Waals surface area (Å²) in [5.74, 6) is -0.168. The third-order valence-corrected chi connectivity index (χ3v) is 4.27. The van der Waals surface area contributed by atoms with Gasteiger partial charge in [-0.15, -0.1) is 0 Å². The minimum atomic E-state index is -0.922. The van der Waals surface area contributed by atoms with Crippen molar-refractivity contribution < 1.29 is 14.6 Å². The molecule has 2 N–H and O–H groups in total. The van der Waals surface area contributed by atoms with Crippen LogP contribution >= 0.6 is 0 Å². The largest absolute Gasteiger partial charge is 0.478 e. The zero-order chi connectivity index (χ0) is 14.1. The number of carboxylic acids is 1. The molecule has 20 heavy (non-hydrogen) atoms. The summed E-state index contributed by atoms with van der Waals surface area (Å²) in [4.78, 5) is 11.2. The lowest BCUT2D eigenvalue weighted by Crippen LogP contribution is -2.40. The van der Waals surface area contributed by atoms with Crippen molar-refractivity contribution in [3.8, 4) is 0 Å². The Labute approximate surface area is 118 Å². The van der Waals surface area contributed by atoms with E-state index in [4.69, 9.17) is 4.74 Å². The first-order valence-corrected chi connectivity index (χ1v) is 7.09. The molecule has 3 aliphatic rings. The van der Waals surface area contributed by atoms with Crippen molar-refractivity contribution in [2.24, 2.45) is 11.8 Å². The van der Waals surface area contributed by atoms with Crippen LogP contribution in [0.5, 0.6) is 0 Å². The molecular formula is C16H19NO3. The Bertz CT molecular complexity index is 542. The maximum atomic E-state index is 11.2. The highest BCUT2D eigenvalue weighted by Crippen LogP contribution is 2.34. The predicted molar refractivity (Wildman–Crippen MR) is 75.8 cm³/mol. The Morgan fingerprint density at radius 3 is 3.10 bits per heavy atom. The maximum Gasteiger partial charge on any atom is 0.339 e. The molecule has 1 aliphatic carbocycles. The highest BCUT2D eigenvalue weighted by Gasteiger charge is 2.35. The molecule has 0 fully saturated rings. The summed E-state index contributed by atoms with van der Waals surface area (Å²) in [7, 11) is 0. The molecule has 4 heteroatoms. The Hall–Kier alpha value is -1.81. The van der Waals surface area contributed by atoms with Gasteiger partial charge in [0.05, 0.1) is 0 Å². The fraction of sp³-hybridized carbons (Fsp3) is 0.438. The molecule has 106 valence electrons. The van der Waals surface area contributed by atoms with Crippen molar-refractivity contribution in [1.29, 1.82) is 0 Å². The summed E-state index contributed by atoms with van der Waals surface area (Å²) >= 11 is 0. The number of carboxylic acid groups (broad SMARTS) is 1. The first-order chi connectivity index (χ1) is 9.69. The molecule has 0 saturated heterocycles. The number of rotatable bonds is 3. The first kappa shape index (κ1) is 13.2. The molecule has 0 radical (unpaired) electrons. The predicted octanol–water partition coefficient (Wildman–Crippen LogP) is 2.37. The number of ether oxygens (including phenoxy) is 1. The molecule has 0 aromatic heterocycles. The quantitative estimate of drug-likeness (QED) is 0.829. The summed E-state index contributed by atoms with van der Waals surface area (Å²) in [6.45, 7) is 2.99. The lowest BCUT2D eigenvalue weighted by Gasteiger charge is -2.31. The van der Waals surface area contributed by atoms with Crippen molar-refractivity contribution in [2.75, 3.05) is 6.54 Å². The van der Waals surface area contributed by atoms with Crippen LogP contribution in [0.3, 0.4) is 0 Å². The zero-order valence-corrected chi connectivity index (χ0v) is 11.5. The SMILES string of the molecule is CCC1=CC=CC(C2C=C3C(C(=O)O)=COC3NC2)C1. The van der Waals surface area contributed by atoms with Gasteiger partial charge in [-0.1, -0.05) is 36.8 Å². The van der Waals surface area contributed by atoms with Crippen molar-refractivity contribution in [2.45, 2.75) is 26.0 Å². The Morgan fingerprint density at radius 1 is 1.50 bits per heavy atom. The monoisotopic (exact) mass is 273 g/mol. The van der Waals surface area contributed by atoms with Crippen LogP contribution in [0.15, 0.2) is 47.3 Å². The van der Waals surface area contributed by atoms with E-state index >= 15 is 0 Å². The summed E-state index contributed by atoms with van der Waals surface area (Å²) in [5.41, 5.74) is 2.50. The van der Waals surface area contributed by atoms with Gasteiger partial charge < -0.3 is 9.84 Å². The van der Waals surface area contributed by atoms with Gasteiger partial charge in [-0.25, -0.2) is 4.79 Å². The van der Waals surface area contributed by atoms with Gasteiger partial charge in [0.2, 0.25) is 0 Å². The molecule has 3 atom stereocenters. The van der Waals surface area contributed by atoms with Gasteiger partial charge in [-0.3, -0.25) is 5.32 Å². The molecule has 2 aliphatic heterocycles. The molecule has 0 amide bonds. The standard InChI is InChI=1S/C16H19NO3/c1-2-10-4-3-5-11(6-10)12-7-13-14(16(18)19)9-20-15(13)17-8-12/h3-5,7,9,11-12,15,17H,2,6,8H2,1H3,(H,18,19). The van der Waals surface area contributed by atoms with Gasteiger partial charge in [-0.2, -0.15) is 0 Å². The van der Waals surface area contributed by atoms with E-state index in [1.165, 1.54) is 11.8 Å². The van der Waals surface area contributed by atoms with Gasteiger partial charge in [0.25, 0.3) is 0 Å². The second kappa shape index (κ2) is 5.29. The number of hydrogen-bond acceptors (Lipinski definition) is 3. The Morgan fingerprint density at radius 2 is 2.35 bits per heavy atom. The van der Waals surface area contributed by atoms with Gasteiger partial charge in [0.15, 0.2) is 6.23 Å². The van der Waals surface area contributed by atoms with E-state index in [0.29, 0.717) is 11.8 Å². The minimum absolute atomic E-state index is 0.276. The van der Waals surface area contributed by atoms with E-state index in [1.54, 1.807) is 0 Å². The summed E-state index contributed by atoms with van der Waals surface area (Å²) < 4.78 is 5.36. The number of aliphatic carboxylic acids is 1. The fourth-order valence-electron chi connectivity index (χ4n) is 3.06. The van der Waals surface area contributed by atoms with Gasteiger partial charge >= 0.3 is 5.97 Å². The van der Waals surface area contributed by atoms with E-state index < -0.39 is 5.97 Å². The third kappa shape index (κ3) is 2.31. The van der Waals surface area contributed by atoms with Crippen LogP contribution in [0, 0.1) is 11.8 Å². The molecule has 0 aromatic rings. The smallest absolute Gasteiger partial charge is 0.339 e. The molecular weight excluding hydrogens is 254 g/mol. The van der Waals surface area contributed by atoms with E-state index in [1.807, 2.05) is 0 Å². The second-order valence-electron chi connectivity index (χ2n) is 5.48. The van der Waals surface area contributed by atoms with Gasteiger partial charge in [-0.05, 0) is 24.7 Å². The molecule has 2 heterocycles. The molecule has 0 spiro atoms. The van der Waals surface area contributed by atoms with E-state index in [-0.39, 0.29) is 11.8 Å². The van der Waals surface area contributed by atoms with Crippen LogP contribution in [0.1, 0.15) is 19.8 Å².